The van der Waals surface area contributed by atoms with Gasteiger partial charge in [-0.25, -0.2) is 9.78 Å². The number of benzene rings is 2. The van der Waals surface area contributed by atoms with Crippen LogP contribution in [0.25, 0.3) is 22.2 Å². The van der Waals surface area contributed by atoms with E-state index in [1.807, 2.05) is 49.4 Å². The summed E-state index contributed by atoms with van der Waals surface area (Å²) in [6.07, 6.45) is 8.13. The van der Waals surface area contributed by atoms with Gasteiger partial charge in [-0.15, -0.1) is 0 Å². The molecule has 1 amide bonds. The van der Waals surface area contributed by atoms with Crippen LogP contribution in [0.1, 0.15) is 56.5 Å². The first-order chi connectivity index (χ1) is 18.1. The lowest BCUT2D eigenvalue weighted by atomic mass is 9.92. The third-order valence-electron chi connectivity index (χ3n) is 7.36. The summed E-state index contributed by atoms with van der Waals surface area (Å²) in [5.74, 6) is 1.68. The van der Waals surface area contributed by atoms with Crippen molar-refractivity contribution in [3.05, 3.63) is 66.4 Å². The largest absolute Gasteiger partial charge is 0.484 e. The molecule has 0 radical (unpaired) electrons. The Hall–Kier alpha value is -4.25. The molecule has 2 aliphatic rings. The average Bonchev–Trinajstić information content (AvgIpc) is 3.51. The van der Waals surface area contributed by atoms with Crippen LogP contribution >= 0.6 is 0 Å². The number of ether oxygens (including phenoxy) is 2. The minimum atomic E-state index is -0.439. The molecule has 8 heteroatoms. The van der Waals surface area contributed by atoms with Gasteiger partial charge >= 0.3 is 6.09 Å². The Labute approximate surface area is 214 Å². The van der Waals surface area contributed by atoms with Crippen LogP contribution in [0.15, 0.2) is 59.3 Å². The Kier molecular flexibility index (Phi) is 6.05. The van der Waals surface area contributed by atoms with Crippen molar-refractivity contribution in [1.82, 2.24) is 9.55 Å². The zero-order valence-corrected chi connectivity index (χ0v) is 20.6. The number of nitriles is 1. The van der Waals surface area contributed by atoms with Gasteiger partial charge in [-0.3, -0.25) is 5.32 Å². The number of aromatic nitrogens is 2. The first-order valence-electron chi connectivity index (χ1n) is 12.8. The van der Waals surface area contributed by atoms with Crippen LogP contribution in [-0.4, -0.2) is 21.7 Å². The molecule has 2 aromatic carbocycles. The third-order valence-corrected chi connectivity index (χ3v) is 7.36. The van der Waals surface area contributed by atoms with Crippen LogP contribution in [0.3, 0.4) is 0 Å². The summed E-state index contributed by atoms with van der Waals surface area (Å²) >= 11 is 0. The van der Waals surface area contributed by atoms with Crippen molar-refractivity contribution in [2.45, 2.75) is 57.8 Å². The van der Waals surface area contributed by atoms with Crippen LogP contribution in [-0.2, 0) is 11.3 Å². The van der Waals surface area contributed by atoms with Crippen LogP contribution in [0.2, 0.25) is 0 Å². The molecule has 37 heavy (non-hydrogen) atoms. The summed E-state index contributed by atoms with van der Waals surface area (Å²) in [7, 11) is 0. The van der Waals surface area contributed by atoms with Crippen LogP contribution in [0.5, 0.6) is 5.75 Å². The number of anilines is 1. The standard InChI is InChI=1S/C29H28N4O4/c1-18(19-5-6-19)37-29(34)32-21-9-7-20(8-10-21)28-25(16-30)24-12-11-23(36-17-27-31-13-14-35-27)15-26(24)33(28)22-3-2-4-22/h7-15,18-19,22H,2-6,17H2,1H3,(H,32,34). The van der Waals surface area contributed by atoms with E-state index in [0.29, 0.717) is 34.9 Å². The second kappa shape index (κ2) is 9.66. The van der Waals surface area contributed by atoms with Gasteiger partial charge in [0.15, 0.2) is 6.61 Å². The summed E-state index contributed by atoms with van der Waals surface area (Å²) in [5, 5.41) is 13.9. The molecule has 6 rings (SSSR count). The molecule has 2 aromatic heterocycles. The maximum atomic E-state index is 12.3. The minimum Gasteiger partial charge on any atom is -0.484 e. The van der Waals surface area contributed by atoms with Gasteiger partial charge in [0.25, 0.3) is 0 Å². The number of hydrogen-bond acceptors (Lipinski definition) is 6. The smallest absolute Gasteiger partial charge is 0.411 e. The molecule has 2 saturated carbocycles. The van der Waals surface area contributed by atoms with Gasteiger partial charge in [-0.05, 0) is 74.8 Å². The number of fused-ring (bicyclic) bond motifs is 1. The molecule has 0 saturated heterocycles. The topological polar surface area (TPSA) is 102 Å². The van der Waals surface area contributed by atoms with Crippen LogP contribution in [0, 0.1) is 17.2 Å². The molecule has 2 aliphatic carbocycles. The lowest BCUT2D eigenvalue weighted by Crippen LogP contribution is -2.21. The van der Waals surface area contributed by atoms with Gasteiger partial charge in [-0.1, -0.05) is 12.1 Å². The fraction of sp³-hybridized carbons (Fsp3) is 0.345. The van der Waals surface area contributed by atoms with E-state index in [1.54, 1.807) is 6.20 Å². The zero-order chi connectivity index (χ0) is 25.4. The minimum absolute atomic E-state index is 0.0696. The van der Waals surface area contributed by atoms with E-state index in [0.717, 1.165) is 54.3 Å². The highest BCUT2D eigenvalue weighted by atomic mass is 16.6. The highest BCUT2D eigenvalue weighted by molar-refractivity contribution is 5.96. The molecule has 4 aromatic rings. The molecule has 1 atom stereocenters. The van der Waals surface area contributed by atoms with E-state index in [1.165, 1.54) is 6.26 Å². The van der Waals surface area contributed by atoms with Gasteiger partial charge in [-0.2, -0.15) is 5.26 Å². The molecular formula is C29H28N4O4. The van der Waals surface area contributed by atoms with Crippen molar-refractivity contribution in [3.8, 4) is 23.1 Å². The number of nitrogens with zero attached hydrogens (tertiary/aromatic N) is 3. The molecule has 2 heterocycles. The molecule has 188 valence electrons. The Morgan fingerprint density at radius 3 is 2.68 bits per heavy atom. The summed E-state index contributed by atoms with van der Waals surface area (Å²) in [4.78, 5) is 16.4. The quantitative estimate of drug-likeness (QED) is 0.287. The van der Waals surface area contributed by atoms with Crippen molar-refractivity contribution in [3.63, 3.8) is 0 Å². The third kappa shape index (κ3) is 4.65. The summed E-state index contributed by atoms with van der Waals surface area (Å²) in [6, 6.07) is 16.2. The molecule has 0 spiro atoms. The van der Waals surface area contributed by atoms with E-state index >= 15 is 0 Å². The SMILES string of the molecule is CC(OC(=O)Nc1ccc(-c2c(C#N)c3ccc(OCc4ncco4)cc3n2C2CCC2)cc1)C1CC1. The molecular weight excluding hydrogens is 468 g/mol. The average molecular weight is 497 g/mol. The van der Waals surface area contributed by atoms with E-state index in [4.69, 9.17) is 13.9 Å². The molecule has 1 unspecified atom stereocenters. The van der Waals surface area contributed by atoms with Gasteiger partial charge in [0, 0.05) is 23.2 Å². The van der Waals surface area contributed by atoms with Crippen LogP contribution in [0.4, 0.5) is 10.5 Å². The first kappa shape index (κ1) is 23.2. The summed E-state index contributed by atoms with van der Waals surface area (Å²) < 4.78 is 19.0. The number of carbonyl (C=O) groups excluding carboxylic acids is 1. The second-order valence-corrected chi connectivity index (χ2v) is 9.83. The maximum absolute atomic E-state index is 12.3. The predicted octanol–water partition coefficient (Wildman–Crippen LogP) is 6.82. The second-order valence-electron chi connectivity index (χ2n) is 9.83. The van der Waals surface area contributed by atoms with Gasteiger partial charge in [0.05, 0.1) is 23.0 Å². The number of amides is 1. The van der Waals surface area contributed by atoms with Crippen LogP contribution < -0.4 is 10.1 Å². The van der Waals surface area contributed by atoms with Gasteiger partial charge in [0.1, 0.15) is 24.2 Å². The number of carbonyl (C=O) groups is 1. The Morgan fingerprint density at radius 1 is 1.22 bits per heavy atom. The summed E-state index contributed by atoms with van der Waals surface area (Å²) in [5.41, 5.74) is 4.08. The molecule has 0 bridgehead atoms. The highest BCUT2D eigenvalue weighted by Gasteiger charge is 2.31. The predicted molar refractivity (Wildman–Crippen MR) is 138 cm³/mol. The highest BCUT2D eigenvalue weighted by Crippen LogP contribution is 2.43. The van der Waals surface area contributed by atoms with Crippen molar-refractivity contribution in [2.24, 2.45) is 5.92 Å². The monoisotopic (exact) mass is 496 g/mol. The molecule has 2 fully saturated rings. The van der Waals surface area contributed by atoms with Gasteiger partial charge in [0.2, 0.25) is 5.89 Å². The van der Waals surface area contributed by atoms with Crippen molar-refractivity contribution in [1.29, 1.82) is 5.26 Å². The lowest BCUT2D eigenvalue weighted by Gasteiger charge is -2.30. The Bertz CT molecular complexity index is 1460. The van der Waals surface area contributed by atoms with Crippen molar-refractivity contribution < 1.29 is 18.7 Å². The Morgan fingerprint density at radius 2 is 2.03 bits per heavy atom. The first-order valence-corrected chi connectivity index (χ1v) is 12.8. The molecule has 0 aliphatic heterocycles. The fourth-order valence-corrected chi connectivity index (χ4v) is 4.96. The number of nitrogens with one attached hydrogen (secondary N) is 1. The van der Waals surface area contributed by atoms with Crippen molar-refractivity contribution in [2.75, 3.05) is 5.32 Å². The van der Waals surface area contributed by atoms with Gasteiger partial charge < -0.3 is 18.5 Å². The maximum Gasteiger partial charge on any atom is 0.411 e. The normalized spacial score (nSPS) is 16.1. The van der Waals surface area contributed by atoms with E-state index < -0.39 is 6.09 Å². The van der Waals surface area contributed by atoms with E-state index in [9.17, 15) is 10.1 Å². The number of hydrogen-bond donors (Lipinski definition) is 1. The number of rotatable bonds is 8. The summed E-state index contributed by atoms with van der Waals surface area (Å²) in [6.45, 7) is 2.17. The molecule has 1 N–H and O–H groups in total. The van der Waals surface area contributed by atoms with E-state index in [2.05, 4.69) is 20.9 Å². The fourth-order valence-electron chi connectivity index (χ4n) is 4.96. The van der Waals surface area contributed by atoms with Crippen molar-refractivity contribution >= 4 is 22.7 Å². The Balaban J connectivity index is 1.30. The van der Waals surface area contributed by atoms with E-state index in [-0.39, 0.29) is 12.7 Å². The lowest BCUT2D eigenvalue weighted by molar-refractivity contribution is 0.108. The molecule has 8 nitrogen and oxygen atoms in total. The zero-order valence-electron chi connectivity index (χ0n) is 20.6. The number of oxazole rings is 1.